The zero-order valence-electron chi connectivity index (χ0n) is 7.37. The summed E-state index contributed by atoms with van der Waals surface area (Å²) in [4.78, 5) is 0. The van der Waals surface area contributed by atoms with Crippen LogP contribution in [0.2, 0.25) is 0 Å². The van der Waals surface area contributed by atoms with E-state index in [9.17, 15) is 0 Å². The molecule has 1 aliphatic rings. The molecule has 2 N–H and O–H groups in total. The monoisotopic (exact) mass is 318 g/mol. The molecule has 14 heavy (non-hydrogen) atoms. The minimum absolute atomic E-state index is 0.537. The standard InChI is InChI=1S/C9H9BBr2O2/c11-8-4-9(12)7(10(13)14)3-6(8)5-1-2-5/h3-5,13-14H,1-2H2. The van der Waals surface area contributed by atoms with E-state index < -0.39 is 7.12 Å². The molecule has 0 unspecified atom stereocenters. The maximum absolute atomic E-state index is 9.13. The van der Waals surface area contributed by atoms with Crippen LogP contribution in [-0.4, -0.2) is 17.2 Å². The van der Waals surface area contributed by atoms with Gasteiger partial charge in [0.2, 0.25) is 0 Å². The highest BCUT2D eigenvalue weighted by Crippen LogP contribution is 2.43. The van der Waals surface area contributed by atoms with Crippen LogP contribution in [0.25, 0.3) is 0 Å². The van der Waals surface area contributed by atoms with Crippen LogP contribution in [0.5, 0.6) is 0 Å². The predicted molar refractivity (Wildman–Crippen MR) is 63.6 cm³/mol. The van der Waals surface area contributed by atoms with Crippen LogP contribution in [0.3, 0.4) is 0 Å². The van der Waals surface area contributed by atoms with E-state index in [2.05, 4.69) is 31.9 Å². The van der Waals surface area contributed by atoms with Crippen molar-refractivity contribution in [3.63, 3.8) is 0 Å². The van der Waals surface area contributed by atoms with Crippen molar-refractivity contribution in [1.29, 1.82) is 0 Å². The lowest BCUT2D eigenvalue weighted by atomic mass is 9.79. The van der Waals surface area contributed by atoms with Crippen LogP contribution in [0.1, 0.15) is 24.3 Å². The van der Waals surface area contributed by atoms with Crippen molar-refractivity contribution in [1.82, 2.24) is 0 Å². The second kappa shape index (κ2) is 3.97. The molecule has 0 heterocycles. The Morgan fingerprint density at radius 1 is 1.14 bits per heavy atom. The molecule has 1 fully saturated rings. The van der Waals surface area contributed by atoms with Gasteiger partial charge >= 0.3 is 7.12 Å². The van der Waals surface area contributed by atoms with Gasteiger partial charge in [-0.1, -0.05) is 37.9 Å². The Balaban J connectivity index is 2.45. The minimum Gasteiger partial charge on any atom is -0.423 e. The molecule has 2 nitrogen and oxygen atoms in total. The van der Waals surface area contributed by atoms with E-state index in [1.54, 1.807) is 0 Å². The molecular weight excluding hydrogens is 311 g/mol. The molecule has 1 aromatic rings. The van der Waals surface area contributed by atoms with E-state index in [-0.39, 0.29) is 0 Å². The van der Waals surface area contributed by atoms with Crippen molar-refractivity contribution < 1.29 is 10.0 Å². The third-order valence-electron chi connectivity index (χ3n) is 2.41. The average Bonchev–Trinajstić information content (AvgIpc) is 2.86. The fourth-order valence-corrected chi connectivity index (χ4v) is 3.01. The lowest BCUT2D eigenvalue weighted by molar-refractivity contribution is 0.425. The topological polar surface area (TPSA) is 40.5 Å². The quantitative estimate of drug-likeness (QED) is 0.816. The Hall–Kier alpha value is 0.165. The van der Waals surface area contributed by atoms with E-state index in [1.807, 2.05) is 12.1 Å². The number of hydrogen-bond acceptors (Lipinski definition) is 2. The molecule has 0 bridgehead atoms. The van der Waals surface area contributed by atoms with Crippen LogP contribution in [0.15, 0.2) is 21.1 Å². The van der Waals surface area contributed by atoms with Crippen molar-refractivity contribution >= 4 is 44.4 Å². The fraction of sp³-hybridized carbons (Fsp3) is 0.333. The van der Waals surface area contributed by atoms with Crippen molar-refractivity contribution in [2.75, 3.05) is 0 Å². The van der Waals surface area contributed by atoms with Gasteiger partial charge in [-0.2, -0.15) is 0 Å². The summed E-state index contributed by atoms with van der Waals surface area (Å²) in [5.41, 5.74) is 1.71. The molecule has 1 aromatic carbocycles. The Kier molecular flexibility index (Phi) is 3.02. The Morgan fingerprint density at radius 2 is 1.79 bits per heavy atom. The van der Waals surface area contributed by atoms with Crippen molar-refractivity contribution in [3.8, 4) is 0 Å². The number of benzene rings is 1. The Morgan fingerprint density at radius 3 is 2.29 bits per heavy atom. The summed E-state index contributed by atoms with van der Waals surface area (Å²) in [6, 6.07) is 3.74. The normalized spacial score (nSPS) is 15.7. The maximum Gasteiger partial charge on any atom is 0.489 e. The van der Waals surface area contributed by atoms with E-state index >= 15 is 0 Å². The first-order valence-electron chi connectivity index (χ1n) is 4.44. The molecule has 5 heteroatoms. The highest BCUT2D eigenvalue weighted by atomic mass is 79.9. The molecule has 0 aromatic heterocycles. The van der Waals surface area contributed by atoms with Crippen molar-refractivity contribution in [3.05, 3.63) is 26.6 Å². The summed E-state index contributed by atoms with van der Waals surface area (Å²) in [6.45, 7) is 0. The molecule has 1 saturated carbocycles. The first-order chi connectivity index (χ1) is 6.59. The minimum atomic E-state index is -1.41. The highest BCUT2D eigenvalue weighted by molar-refractivity contribution is 9.11. The highest BCUT2D eigenvalue weighted by Gasteiger charge is 2.28. The molecule has 0 atom stereocenters. The molecule has 0 saturated heterocycles. The van der Waals surface area contributed by atoms with Crippen molar-refractivity contribution in [2.45, 2.75) is 18.8 Å². The van der Waals surface area contributed by atoms with E-state index in [0.29, 0.717) is 11.4 Å². The van der Waals surface area contributed by atoms with Gasteiger partial charge in [0.1, 0.15) is 0 Å². The smallest absolute Gasteiger partial charge is 0.423 e. The summed E-state index contributed by atoms with van der Waals surface area (Å²) >= 11 is 6.78. The molecule has 0 amide bonds. The lowest BCUT2D eigenvalue weighted by Gasteiger charge is -2.08. The first-order valence-corrected chi connectivity index (χ1v) is 6.03. The third kappa shape index (κ3) is 2.05. The molecule has 2 rings (SSSR count). The van der Waals surface area contributed by atoms with Crippen LogP contribution in [0.4, 0.5) is 0 Å². The molecule has 0 spiro atoms. The maximum atomic E-state index is 9.13. The molecule has 0 aliphatic heterocycles. The summed E-state index contributed by atoms with van der Waals surface area (Å²) < 4.78 is 1.76. The van der Waals surface area contributed by atoms with Gasteiger partial charge in [0.05, 0.1) is 0 Å². The van der Waals surface area contributed by atoms with Gasteiger partial charge in [0.15, 0.2) is 0 Å². The summed E-state index contributed by atoms with van der Waals surface area (Å²) in [6.07, 6.45) is 2.39. The van der Waals surface area contributed by atoms with E-state index in [1.165, 1.54) is 18.4 Å². The largest absolute Gasteiger partial charge is 0.489 e. The molecular formula is C9H9BBr2O2. The van der Waals surface area contributed by atoms with Gasteiger partial charge < -0.3 is 10.0 Å². The van der Waals surface area contributed by atoms with Gasteiger partial charge in [-0.3, -0.25) is 0 Å². The van der Waals surface area contributed by atoms with Crippen LogP contribution >= 0.6 is 31.9 Å². The second-order valence-corrected chi connectivity index (χ2v) is 5.25. The number of halogens is 2. The zero-order valence-corrected chi connectivity index (χ0v) is 10.5. The van der Waals surface area contributed by atoms with E-state index in [0.717, 1.165) is 8.95 Å². The Labute approximate surface area is 99.7 Å². The third-order valence-corrected chi connectivity index (χ3v) is 3.78. The summed E-state index contributed by atoms with van der Waals surface area (Å²) in [5.74, 6) is 0.593. The SMILES string of the molecule is OB(O)c1cc(C2CC2)c(Br)cc1Br. The first kappa shape index (κ1) is 10.7. The lowest BCUT2D eigenvalue weighted by Crippen LogP contribution is -2.31. The van der Waals surface area contributed by atoms with Gasteiger partial charge in [0.25, 0.3) is 0 Å². The molecule has 1 aliphatic carbocycles. The summed E-state index contributed by atoms with van der Waals surface area (Å²) in [7, 11) is -1.41. The molecule has 0 radical (unpaired) electrons. The molecule has 74 valence electrons. The van der Waals surface area contributed by atoms with Gasteiger partial charge in [-0.05, 0) is 35.9 Å². The van der Waals surface area contributed by atoms with Crippen molar-refractivity contribution in [2.24, 2.45) is 0 Å². The Bertz CT molecular complexity index is 341. The van der Waals surface area contributed by atoms with E-state index in [4.69, 9.17) is 10.0 Å². The van der Waals surface area contributed by atoms with Crippen LogP contribution in [-0.2, 0) is 0 Å². The number of rotatable bonds is 2. The summed E-state index contributed by atoms with van der Waals surface area (Å²) in [5, 5.41) is 18.3. The van der Waals surface area contributed by atoms with Gasteiger partial charge in [0, 0.05) is 8.95 Å². The predicted octanol–water partition coefficient (Wildman–Crippen LogP) is 1.77. The van der Waals surface area contributed by atoms with Gasteiger partial charge in [-0.25, -0.2) is 0 Å². The second-order valence-electron chi connectivity index (χ2n) is 3.54. The van der Waals surface area contributed by atoms with Crippen LogP contribution < -0.4 is 5.46 Å². The fourth-order valence-electron chi connectivity index (χ4n) is 1.49. The van der Waals surface area contributed by atoms with Gasteiger partial charge in [-0.15, -0.1) is 0 Å². The average molecular weight is 320 g/mol. The van der Waals surface area contributed by atoms with Crippen LogP contribution in [0, 0.1) is 0 Å². The zero-order chi connectivity index (χ0) is 10.3. The number of hydrogen-bond donors (Lipinski definition) is 2.